The quantitative estimate of drug-likeness (QED) is 0.517. The minimum absolute atomic E-state index is 0.0164. The Morgan fingerprint density at radius 2 is 1.66 bits per heavy atom. The Kier molecular flexibility index (Phi) is 6.82. The minimum Gasteiger partial charge on any atom is -0.508 e. The molecule has 0 bridgehead atoms. The van der Waals surface area contributed by atoms with Crippen LogP contribution in [0.2, 0.25) is 0 Å². The van der Waals surface area contributed by atoms with Gasteiger partial charge in [0.2, 0.25) is 0 Å². The molecule has 1 fully saturated rings. The van der Waals surface area contributed by atoms with Crippen molar-refractivity contribution in [2.24, 2.45) is 17.3 Å². The second kappa shape index (κ2) is 9.67. The number of hydrogen-bond donors (Lipinski definition) is 2. The van der Waals surface area contributed by atoms with Gasteiger partial charge in [0.1, 0.15) is 5.75 Å². The predicted octanol–water partition coefficient (Wildman–Crippen LogP) is 5.57. The van der Waals surface area contributed by atoms with Crippen molar-refractivity contribution in [3.8, 4) is 5.75 Å². The van der Waals surface area contributed by atoms with Gasteiger partial charge in [-0.1, -0.05) is 69.8 Å². The van der Waals surface area contributed by atoms with E-state index in [2.05, 4.69) is 32.3 Å². The summed E-state index contributed by atoms with van der Waals surface area (Å²) in [6.45, 7) is 12.5. The van der Waals surface area contributed by atoms with Gasteiger partial charge in [0.25, 0.3) is 0 Å². The van der Waals surface area contributed by atoms with Crippen molar-refractivity contribution in [3.63, 3.8) is 0 Å². The molecule has 0 spiro atoms. The van der Waals surface area contributed by atoms with E-state index in [9.17, 15) is 14.7 Å². The van der Waals surface area contributed by atoms with Gasteiger partial charge in [0.05, 0.1) is 5.92 Å². The number of hydrogen-bond acceptors (Lipinski definition) is 4. The summed E-state index contributed by atoms with van der Waals surface area (Å²) in [6, 6.07) is 14.9. The molecule has 2 aromatic carbocycles. The zero-order valence-electron chi connectivity index (χ0n) is 20.6. The van der Waals surface area contributed by atoms with E-state index in [0.717, 1.165) is 28.7 Å². The standard InChI is InChI=1S/C30H33NO4/c1-19(21-7-5-20(6-8-21)16-31-17-24(18-31)29(34)35)28(33)23-11-14-27(30(2,3)4)26(15-23)22-9-12-25(32)13-10-22/h5-13,15,24,27,32H,1,14,16-18H2,2-4H3,(H,34,35). The third-order valence-electron chi connectivity index (χ3n) is 7.06. The van der Waals surface area contributed by atoms with Crippen molar-refractivity contribution in [2.45, 2.75) is 33.7 Å². The third kappa shape index (κ3) is 5.46. The lowest BCUT2D eigenvalue weighted by Gasteiger charge is -2.36. The molecule has 2 aromatic rings. The normalized spacial score (nSPS) is 18.9. The first-order valence-corrected chi connectivity index (χ1v) is 12.0. The molecule has 2 aliphatic rings. The molecule has 0 aromatic heterocycles. The van der Waals surface area contributed by atoms with Gasteiger partial charge in [-0.2, -0.15) is 0 Å². The number of allylic oxidation sites excluding steroid dienone is 5. The first-order chi connectivity index (χ1) is 16.5. The van der Waals surface area contributed by atoms with Crippen molar-refractivity contribution in [1.82, 2.24) is 4.90 Å². The molecule has 4 rings (SSSR count). The average molecular weight is 472 g/mol. The van der Waals surface area contributed by atoms with Crippen LogP contribution >= 0.6 is 0 Å². The maximum absolute atomic E-state index is 13.4. The van der Waals surface area contributed by atoms with Gasteiger partial charge in [-0.25, -0.2) is 0 Å². The Bertz CT molecular complexity index is 1190. The van der Waals surface area contributed by atoms with Crippen molar-refractivity contribution in [2.75, 3.05) is 13.1 Å². The van der Waals surface area contributed by atoms with Crippen LogP contribution in [0.25, 0.3) is 11.1 Å². The first kappa shape index (κ1) is 24.7. The molecule has 1 heterocycles. The van der Waals surface area contributed by atoms with Crippen LogP contribution in [0.1, 0.15) is 43.9 Å². The fourth-order valence-corrected chi connectivity index (χ4v) is 4.85. The molecule has 2 N–H and O–H groups in total. The van der Waals surface area contributed by atoms with E-state index >= 15 is 0 Å². The number of ketones is 1. The molecule has 1 aliphatic carbocycles. The molecule has 1 atom stereocenters. The number of aliphatic carboxylic acids is 1. The zero-order valence-corrected chi connectivity index (χ0v) is 20.6. The number of benzene rings is 2. The number of rotatable bonds is 7. The number of nitrogens with zero attached hydrogens (tertiary/aromatic N) is 1. The van der Waals surface area contributed by atoms with Crippen molar-refractivity contribution < 1.29 is 19.8 Å². The molecular weight excluding hydrogens is 438 g/mol. The molecule has 0 radical (unpaired) electrons. The van der Waals surface area contributed by atoms with Crippen LogP contribution in [-0.4, -0.2) is 40.0 Å². The van der Waals surface area contributed by atoms with Crippen LogP contribution in [0.5, 0.6) is 5.75 Å². The summed E-state index contributed by atoms with van der Waals surface area (Å²) in [5.74, 6) is -0.628. The van der Waals surface area contributed by atoms with Gasteiger partial charge >= 0.3 is 5.97 Å². The Balaban J connectivity index is 1.49. The molecule has 0 amide bonds. The Morgan fingerprint density at radius 1 is 1.03 bits per heavy atom. The van der Waals surface area contributed by atoms with E-state index < -0.39 is 5.97 Å². The maximum atomic E-state index is 13.4. The van der Waals surface area contributed by atoms with Crippen LogP contribution in [-0.2, 0) is 16.1 Å². The monoisotopic (exact) mass is 471 g/mol. The highest BCUT2D eigenvalue weighted by Crippen LogP contribution is 2.43. The molecule has 35 heavy (non-hydrogen) atoms. The number of phenols is 1. The smallest absolute Gasteiger partial charge is 0.309 e. The summed E-state index contributed by atoms with van der Waals surface area (Å²) in [7, 11) is 0. The Morgan fingerprint density at radius 3 is 2.23 bits per heavy atom. The van der Waals surface area contributed by atoms with E-state index in [-0.39, 0.29) is 28.8 Å². The molecule has 0 saturated carbocycles. The summed E-state index contributed by atoms with van der Waals surface area (Å²) in [5.41, 5.74) is 5.08. The third-order valence-corrected chi connectivity index (χ3v) is 7.06. The lowest BCUT2D eigenvalue weighted by atomic mass is 9.69. The number of carbonyl (C=O) groups excluding carboxylic acids is 1. The Labute approximate surface area is 207 Å². The molecule has 5 nitrogen and oxygen atoms in total. The summed E-state index contributed by atoms with van der Waals surface area (Å²) in [5, 5.41) is 18.7. The van der Waals surface area contributed by atoms with E-state index in [1.807, 2.05) is 48.6 Å². The van der Waals surface area contributed by atoms with Gasteiger partial charge in [-0.15, -0.1) is 0 Å². The fourth-order valence-electron chi connectivity index (χ4n) is 4.85. The highest BCUT2D eigenvalue weighted by atomic mass is 16.4. The lowest BCUT2D eigenvalue weighted by molar-refractivity contribution is -0.147. The first-order valence-electron chi connectivity index (χ1n) is 12.0. The van der Waals surface area contributed by atoms with Crippen LogP contribution < -0.4 is 0 Å². The fraction of sp³-hybridized carbons (Fsp3) is 0.333. The van der Waals surface area contributed by atoms with Crippen molar-refractivity contribution in [3.05, 3.63) is 89.5 Å². The number of carboxylic acid groups (broad SMARTS) is 1. The number of likely N-dealkylation sites (tertiary alicyclic amines) is 1. The summed E-state index contributed by atoms with van der Waals surface area (Å²) < 4.78 is 0. The van der Waals surface area contributed by atoms with Crippen LogP contribution in [0, 0.1) is 17.3 Å². The van der Waals surface area contributed by atoms with Crippen LogP contribution in [0.15, 0.2) is 72.8 Å². The lowest BCUT2D eigenvalue weighted by Crippen LogP contribution is -2.49. The van der Waals surface area contributed by atoms with Crippen molar-refractivity contribution in [1.29, 1.82) is 0 Å². The molecule has 1 aliphatic heterocycles. The van der Waals surface area contributed by atoms with E-state index in [0.29, 0.717) is 30.8 Å². The largest absolute Gasteiger partial charge is 0.508 e. The van der Waals surface area contributed by atoms with E-state index in [1.165, 1.54) is 0 Å². The van der Waals surface area contributed by atoms with Crippen LogP contribution in [0.3, 0.4) is 0 Å². The predicted molar refractivity (Wildman–Crippen MR) is 139 cm³/mol. The summed E-state index contributed by atoms with van der Waals surface area (Å²) in [6.07, 6.45) is 4.76. The highest BCUT2D eigenvalue weighted by molar-refractivity contribution is 6.29. The van der Waals surface area contributed by atoms with Gasteiger partial charge < -0.3 is 10.2 Å². The van der Waals surface area contributed by atoms with Gasteiger partial charge in [-0.3, -0.25) is 14.5 Å². The van der Waals surface area contributed by atoms with Crippen molar-refractivity contribution >= 4 is 22.9 Å². The minimum atomic E-state index is -0.736. The molecular formula is C30H33NO4. The van der Waals surface area contributed by atoms with Crippen LogP contribution in [0.4, 0.5) is 0 Å². The van der Waals surface area contributed by atoms with Gasteiger partial charge in [0.15, 0.2) is 5.78 Å². The molecule has 1 unspecified atom stereocenters. The zero-order chi connectivity index (χ0) is 25.3. The Hall–Kier alpha value is -3.44. The number of aromatic hydroxyl groups is 1. The summed E-state index contributed by atoms with van der Waals surface area (Å²) >= 11 is 0. The maximum Gasteiger partial charge on any atom is 0.309 e. The van der Waals surface area contributed by atoms with E-state index in [4.69, 9.17) is 5.11 Å². The summed E-state index contributed by atoms with van der Waals surface area (Å²) in [4.78, 5) is 26.5. The number of Topliss-reactive ketones (excluding diaryl/α,β-unsaturated/α-hetero) is 1. The number of carbonyl (C=O) groups is 2. The topological polar surface area (TPSA) is 77.8 Å². The van der Waals surface area contributed by atoms with Gasteiger partial charge in [-0.05, 0) is 58.2 Å². The SMILES string of the molecule is C=C(C(=O)C1=CCC(C(C)(C)C)C(c2ccc(O)cc2)=C1)c1ccc(CN2CC(C(=O)O)C2)cc1. The number of phenolic OH excluding ortho intramolecular Hbond substituents is 1. The highest BCUT2D eigenvalue weighted by Gasteiger charge is 2.33. The molecule has 5 heteroatoms. The van der Waals surface area contributed by atoms with E-state index in [1.54, 1.807) is 12.1 Å². The molecule has 182 valence electrons. The molecule has 1 saturated heterocycles. The number of carboxylic acids is 1. The average Bonchev–Trinajstić information content (AvgIpc) is 2.80. The van der Waals surface area contributed by atoms with Gasteiger partial charge in [0, 0.05) is 30.8 Å². The second-order valence-corrected chi connectivity index (χ2v) is 10.7. The second-order valence-electron chi connectivity index (χ2n) is 10.7.